The predicted octanol–water partition coefficient (Wildman–Crippen LogP) is 4.37. The molecule has 1 rings (SSSR count). The summed E-state index contributed by atoms with van der Waals surface area (Å²) >= 11 is 0. The van der Waals surface area contributed by atoms with Crippen LogP contribution in [0.2, 0.25) is 6.82 Å². The summed E-state index contributed by atoms with van der Waals surface area (Å²) in [6, 6.07) is 3.61. The molecule has 0 aliphatic carbocycles. The van der Waals surface area contributed by atoms with Crippen molar-refractivity contribution in [2.45, 2.75) is 40.4 Å². The normalized spacial score (nSPS) is 12.4. The number of carboxylic acid groups (broad SMARTS) is 1. The molecule has 1 N–H and O–H groups in total. The average molecular weight is 303 g/mol. The maximum Gasteiger partial charge on any atom is 0.462 e. The van der Waals surface area contributed by atoms with Gasteiger partial charge in [-0.05, 0) is 63.4 Å². The number of aryl methyl sites for hydroxylation is 1. The molecule has 22 heavy (non-hydrogen) atoms. The van der Waals surface area contributed by atoms with Crippen molar-refractivity contribution < 1.29 is 14.2 Å². The van der Waals surface area contributed by atoms with E-state index in [1.54, 1.807) is 10.5 Å². The number of carboxylic acids is 1. The Morgan fingerprint density at radius 1 is 1.36 bits per heavy atom. The lowest BCUT2D eigenvalue weighted by atomic mass is 9.90. The van der Waals surface area contributed by atoms with E-state index >= 15 is 0 Å². The molecule has 0 aliphatic rings. The van der Waals surface area contributed by atoms with Crippen molar-refractivity contribution in [1.82, 2.24) is 4.48 Å². The van der Waals surface area contributed by atoms with Crippen molar-refractivity contribution in [2.75, 3.05) is 0 Å². The second kappa shape index (κ2) is 7.83. The van der Waals surface area contributed by atoms with E-state index in [4.69, 9.17) is 5.11 Å². The number of allylic oxidation sites excluding steroid dienone is 4. The maximum absolute atomic E-state index is 13.9. The van der Waals surface area contributed by atoms with Crippen molar-refractivity contribution in [2.24, 2.45) is 0 Å². The molecule has 1 aromatic heterocycles. The van der Waals surface area contributed by atoms with Crippen molar-refractivity contribution in [3.8, 4) is 0 Å². The van der Waals surface area contributed by atoms with E-state index in [9.17, 15) is 9.11 Å². The Balaban J connectivity index is 3.14. The van der Waals surface area contributed by atoms with E-state index < -0.39 is 13.1 Å². The SMILES string of the molecule is C=C(C)/C=C(C)\C(C)=C\c1ccc(CCC(=O)O)n1B(C)F. The highest BCUT2D eigenvalue weighted by molar-refractivity contribution is 6.48. The van der Waals surface area contributed by atoms with Crippen molar-refractivity contribution in [3.63, 3.8) is 0 Å². The van der Waals surface area contributed by atoms with Gasteiger partial charge in [0.05, 0.1) is 6.42 Å². The van der Waals surface area contributed by atoms with Crippen LogP contribution in [0.4, 0.5) is 4.32 Å². The third kappa shape index (κ3) is 5.06. The van der Waals surface area contributed by atoms with Gasteiger partial charge in [0.2, 0.25) is 0 Å². The summed E-state index contributed by atoms with van der Waals surface area (Å²) in [6.07, 6.45) is 4.20. The van der Waals surface area contributed by atoms with E-state index in [0.29, 0.717) is 12.1 Å². The monoisotopic (exact) mass is 303 g/mol. The smallest absolute Gasteiger partial charge is 0.462 e. The molecule has 0 atom stereocenters. The highest BCUT2D eigenvalue weighted by Crippen LogP contribution is 2.19. The molecule has 3 nitrogen and oxygen atoms in total. The summed E-state index contributed by atoms with van der Waals surface area (Å²) in [4.78, 5) is 10.7. The summed E-state index contributed by atoms with van der Waals surface area (Å²) in [5.41, 5.74) is 4.48. The van der Waals surface area contributed by atoms with Crippen LogP contribution in [0.15, 0.2) is 41.5 Å². The first-order valence-electron chi connectivity index (χ1n) is 7.30. The second-order valence-electron chi connectivity index (χ2n) is 5.59. The molecule has 5 heteroatoms. The summed E-state index contributed by atoms with van der Waals surface area (Å²) in [6.45, 7) is 11.2. The fourth-order valence-electron chi connectivity index (χ4n) is 2.32. The molecule has 0 aromatic carbocycles. The van der Waals surface area contributed by atoms with Gasteiger partial charge < -0.3 is 13.9 Å². The van der Waals surface area contributed by atoms with Crippen LogP contribution in [0.3, 0.4) is 0 Å². The van der Waals surface area contributed by atoms with Crippen LogP contribution in [-0.2, 0) is 11.2 Å². The van der Waals surface area contributed by atoms with Gasteiger partial charge in [-0.3, -0.25) is 4.79 Å². The van der Waals surface area contributed by atoms with Crippen LogP contribution in [-0.4, -0.2) is 22.7 Å². The summed E-state index contributed by atoms with van der Waals surface area (Å²) in [5, 5.41) is 8.78. The highest BCUT2D eigenvalue weighted by Gasteiger charge is 2.17. The largest absolute Gasteiger partial charge is 0.481 e. The Morgan fingerprint density at radius 3 is 2.50 bits per heavy atom. The molecule has 1 aromatic rings. The summed E-state index contributed by atoms with van der Waals surface area (Å²) in [5.74, 6) is -0.882. The lowest BCUT2D eigenvalue weighted by Crippen LogP contribution is -2.19. The van der Waals surface area contributed by atoms with Crippen LogP contribution in [0.5, 0.6) is 0 Å². The highest BCUT2D eigenvalue weighted by atomic mass is 19.1. The van der Waals surface area contributed by atoms with Crippen LogP contribution in [0.1, 0.15) is 38.6 Å². The molecule has 0 bridgehead atoms. The molecular weight excluding hydrogens is 280 g/mol. The zero-order chi connectivity index (χ0) is 16.9. The third-order valence-electron chi connectivity index (χ3n) is 3.43. The molecule has 0 fully saturated rings. The van der Waals surface area contributed by atoms with E-state index in [0.717, 1.165) is 22.4 Å². The molecule has 118 valence electrons. The number of hydrogen-bond donors (Lipinski definition) is 1. The molecule has 0 spiro atoms. The molecule has 0 saturated carbocycles. The lowest BCUT2D eigenvalue weighted by Gasteiger charge is -2.11. The van der Waals surface area contributed by atoms with E-state index in [1.165, 1.54) is 6.82 Å². The Labute approximate surface area is 132 Å². The molecule has 0 saturated heterocycles. The zero-order valence-electron chi connectivity index (χ0n) is 13.7. The minimum Gasteiger partial charge on any atom is -0.481 e. The summed E-state index contributed by atoms with van der Waals surface area (Å²) < 4.78 is 15.5. The van der Waals surface area contributed by atoms with E-state index in [-0.39, 0.29) is 6.42 Å². The first kappa shape index (κ1) is 18.0. The van der Waals surface area contributed by atoms with Crippen molar-refractivity contribution >= 4 is 19.2 Å². The predicted molar refractivity (Wildman–Crippen MR) is 90.7 cm³/mol. The fourth-order valence-corrected chi connectivity index (χ4v) is 2.32. The van der Waals surface area contributed by atoms with Gasteiger partial charge in [-0.2, -0.15) is 0 Å². The van der Waals surface area contributed by atoms with Gasteiger partial charge in [-0.15, -0.1) is 0 Å². The quantitative estimate of drug-likeness (QED) is 0.600. The minimum atomic E-state index is -1.21. The van der Waals surface area contributed by atoms with E-state index in [2.05, 4.69) is 6.58 Å². The standard InChI is InChI=1S/C17H23BFNO2/c1-12(2)10-13(3)14(4)11-16-7-6-15(8-9-17(21)22)20(16)18(5)19/h6-7,10-11H,1,8-9H2,2-5H3,(H,21,22)/b13-10-,14-11+. The van der Waals surface area contributed by atoms with E-state index in [1.807, 2.05) is 39.0 Å². The Morgan fingerprint density at radius 2 is 2.00 bits per heavy atom. The van der Waals surface area contributed by atoms with Crippen molar-refractivity contribution in [1.29, 1.82) is 0 Å². The van der Waals surface area contributed by atoms with Gasteiger partial charge >= 0.3 is 13.1 Å². The second-order valence-corrected chi connectivity index (χ2v) is 5.59. The van der Waals surface area contributed by atoms with Crippen LogP contribution in [0.25, 0.3) is 6.08 Å². The first-order valence-corrected chi connectivity index (χ1v) is 7.30. The summed E-state index contributed by atoms with van der Waals surface area (Å²) in [7, 11) is -1.21. The minimum absolute atomic E-state index is 0.00649. The number of aliphatic carboxylic acids is 1. The molecular formula is C17H23BFNO2. The fraction of sp³-hybridized carbons (Fsp3) is 0.353. The number of nitrogens with zero attached hydrogens (tertiary/aromatic N) is 1. The van der Waals surface area contributed by atoms with Gasteiger partial charge in [0.1, 0.15) is 0 Å². The van der Waals surface area contributed by atoms with Gasteiger partial charge in [0, 0.05) is 11.4 Å². The molecule has 0 radical (unpaired) electrons. The van der Waals surface area contributed by atoms with Gasteiger partial charge in [-0.1, -0.05) is 18.2 Å². The Kier molecular flexibility index (Phi) is 6.41. The van der Waals surface area contributed by atoms with Gasteiger partial charge in [0.25, 0.3) is 0 Å². The Bertz CT molecular complexity index is 627. The van der Waals surface area contributed by atoms with Gasteiger partial charge in [0.15, 0.2) is 0 Å². The number of carbonyl (C=O) groups is 1. The van der Waals surface area contributed by atoms with Gasteiger partial charge in [-0.25, -0.2) is 0 Å². The number of rotatable bonds is 7. The van der Waals surface area contributed by atoms with Crippen LogP contribution < -0.4 is 0 Å². The van der Waals surface area contributed by atoms with Crippen molar-refractivity contribution in [3.05, 3.63) is 52.9 Å². The zero-order valence-corrected chi connectivity index (χ0v) is 13.7. The first-order chi connectivity index (χ1) is 10.2. The molecule has 0 amide bonds. The molecule has 0 unspecified atom stereocenters. The Hall–Kier alpha value is -2.04. The third-order valence-corrected chi connectivity index (χ3v) is 3.43. The number of halogens is 1. The lowest BCUT2D eigenvalue weighted by molar-refractivity contribution is -0.136. The average Bonchev–Trinajstić information content (AvgIpc) is 2.78. The number of hydrogen-bond acceptors (Lipinski definition) is 1. The molecule has 0 aliphatic heterocycles. The maximum atomic E-state index is 13.9. The number of aromatic nitrogens is 1. The molecule has 1 heterocycles. The topological polar surface area (TPSA) is 42.2 Å². The van der Waals surface area contributed by atoms with Crippen LogP contribution >= 0.6 is 0 Å². The van der Waals surface area contributed by atoms with Crippen LogP contribution in [0, 0.1) is 0 Å².